The molecule has 32 heavy (non-hydrogen) atoms. The molecule has 1 atom stereocenters. The lowest BCUT2D eigenvalue weighted by molar-refractivity contribution is -0.118. The van der Waals surface area contributed by atoms with E-state index in [2.05, 4.69) is 36.6 Å². The molecule has 3 rings (SSSR count). The van der Waals surface area contributed by atoms with E-state index < -0.39 is 0 Å². The van der Waals surface area contributed by atoms with Crippen molar-refractivity contribution in [3.8, 4) is 0 Å². The van der Waals surface area contributed by atoms with Crippen molar-refractivity contribution in [3.63, 3.8) is 0 Å². The summed E-state index contributed by atoms with van der Waals surface area (Å²) in [6, 6.07) is 20.8. The molecule has 0 saturated carbocycles. The Bertz CT molecular complexity index is 1080. The fourth-order valence-electron chi connectivity index (χ4n) is 3.82. The molecule has 0 bridgehead atoms. The lowest BCUT2D eigenvalue weighted by atomic mass is 9.79. The number of nitrogens with one attached hydrogen (secondary N) is 2. The summed E-state index contributed by atoms with van der Waals surface area (Å²) in [6.07, 6.45) is 3.80. The maximum atomic E-state index is 13.1. The SMILES string of the molecule is Cc1ccccc1C(=O)N/C(=C\c1ccco1)C(=O)N[C@H](C)CC(C)(C)c1ccccc1. The van der Waals surface area contributed by atoms with E-state index in [9.17, 15) is 9.59 Å². The van der Waals surface area contributed by atoms with Crippen LogP contribution in [-0.4, -0.2) is 17.9 Å². The van der Waals surface area contributed by atoms with Crippen molar-refractivity contribution in [1.29, 1.82) is 0 Å². The quantitative estimate of drug-likeness (QED) is 0.481. The first kappa shape index (κ1) is 23.1. The predicted octanol–water partition coefficient (Wildman–Crippen LogP) is 5.23. The molecule has 1 heterocycles. The summed E-state index contributed by atoms with van der Waals surface area (Å²) in [4.78, 5) is 26.0. The van der Waals surface area contributed by atoms with E-state index in [1.807, 2.05) is 44.2 Å². The Morgan fingerprint density at radius 2 is 1.69 bits per heavy atom. The summed E-state index contributed by atoms with van der Waals surface area (Å²) >= 11 is 0. The Hall–Kier alpha value is -3.60. The van der Waals surface area contributed by atoms with Gasteiger partial charge in [-0.3, -0.25) is 9.59 Å². The smallest absolute Gasteiger partial charge is 0.268 e. The molecule has 1 aromatic heterocycles. The second kappa shape index (κ2) is 10.1. The topological polar surface area (TPSA) is 71.3 Å². The third-order valence-electron chi connectivity index (χ3n) is 5.46. The van der Waals surface area contributed by atoms with Gasteiger partial charge in [-0.1, -0.05) is 62.4 Å². The minimum atomic E-state index is -0.361. The van der Waals surface area contributed by atoms with Gasteiger partial charge in [-0.15, -0.1) is 0 Å². The van der Waals surface area contributed by atoms with Crippen LogP contribution in [0.25, 0.3) is 6.08 Å². The highest BCUT2D eigenvalue weighted by Crippen LogP contribution is 2.28. The molecule has 5 heteroatoms. The largest absolute Gasteiger partial charge is 0.465 e. The zero-order valence-electron chi connectivity index (χ0n) is 19.0. The lowest BCUT2D eigenvalue weighted by Gasteiger charge is -2.29. The number of carbonyl (C=O) groups is 2. The molecule has 0 aliphatic rings. The first-order chi connectivity index (χ1) is 15.3. The standard InChI is InChI=1S/C27H30N2O3/c1-19-11-8-9-15-23(19)25(30)29-24(17-22-14-10-16-32-22)26(31)28-20(2)18-27(3,4)21-12-6-5-7-13-21/h5-17,20H,18H2,1-4H3,(H,28,31)(H,29,30)/b24-17-/t20-/m1/s1. The second-order valence-electron chi connectivity index (χ2n) is 8.67. The van der Waals surface area contributed by atoms with E-state index in [0.29, 0.717) is 11.3 Å². The normalized spacial score (nSPS) is 12.8. The van der Waals surface area contributed by atoms with Gasteiger partial charge in [0, 0.05) is 17.7 Å². The van der Waals surface area contributed by atoms with Crippen LogP contribution in [0.15, 0.2) is 83.1 Å². The molecule has 166 valence electrons. The summed E-state index contributed by atoms with van der Waals surface area (Å²) in [6.45, 7) is 8.14. The lowest BCUT2D eigenvalue weighted by Crippen LogP contribution is -2.41. The second-order valence-corrected chi connectivity index (χ2v) is 8.67. The van der Waals surface area contributed by atoms with Crippen molar-refractivity contribution in [2.75, 3.05) is 0 Å². The summed E-state index contributed by atoms with van der Waals surface area (Å²) in [5, 5.41) is 5.79. The van der Waals surface area contributed by atoms with E-state index in [0.717, 1.165) is 12.0 Å². The summed E-state index contributed by atoms with van der Waals surface area (Å²) in [5.41, 5.74) is 2.57. The van der Waals surface area contributed by atoms with Crippen LogP contribution in [0.5, 0.6) is 0 Å². The van der Waals surface area contributed by atoms with Crippen molar-refractivity contribution in [3.05, 3.63) is 101 Å². The molecular weight excluding hydrogens is 400 g/mol. The number of hydrogen-bond donors (Lipinski definition) is 2. The monoisotopic (exact) mass is 430 g/mol. The van der Waals surface area contributed by atoms with E-state index in [1.165, 1.54) is 11.8 Å². The third kappa shape index (κ3) is 5.97. The number of hydrogen-bond acceptors (Lipinski definition) is 3. The van der Waals surface area contributed by atoms with Gasteiger partial charge in [0.15, 0.2) is 0 Å². The number of benzene rings is 2. The summed E-state index contributed by atoms with van der Waals surface area (Å²) < 4.78 is 5.36. The first-order valence-corrected chi connectivity index (χ1v) is 10.7. The molecule has 2 amide bonds. The van der Waals surface area contributed by atoms with E-state index in [1.54, 1.807) is 30.3 Å². The van der Waals surface area contributed by atoms with Gasteiger partial charge in [-0.2, -0.15) is 0 Å². The fourth-order valence-corrected chi connectivity index (χ4v) is 3.82. The molecule has 5 nitrogen and oxygen atoms in total. The number of furan rings is 1. The van der Waals surface area contributed by atoms with Crippen molar-refractivity contribution in [2.24, 2.45) is 0 Å². The van der Waals surface area contributed by atoms with Crippen molar-refractivity contribution in [2.45, 2.75) is 45.6 Å². The molecule has 0 spiro atoms. The molecule has 0 saturated heterocycles. The zero-order valence-corrected chi connectivity index (χ0v) is 19.0. The molecule has 0 unspecified atom stereocenters. The maximum Gasteiger partial charge on any atom is 0.268 e. The van der Waals surface area contributed by atoms with E-state index in [-0.39, 0.29) is 29.0 Å². The molecule has 3 aromatic rings. The highest BCUT2D eigenvalue weighted by Gasteiger charge is 2.25. The van der Waals surface area contributed by atoms with Gasteiger partial charge in [0.05, 0.1) is 6.26 Å². The van der Waals surface area contributed by atoms with Crippen LogP contribution >= 0.6 is 0 Å². The zero-order chi connectivity index (χ0) is 23.1. The number of amides is 2. The van der Waals surface area contributed by atoms with Crippen molar-refractivity contribution in [1.82, 2.24) is 10.6 Å². The van der Waals surface area contributed by atoms with Gasteiger partial charge in [-0.25, -0.2) is 0 Å². The van der Waals surface area contributed by atoms with Crippen LogP contribution in [0.2, 0.25) is 0 Å². The number of aryl methyl sites for hydroxylation is 1. The van der Waals surface area contributed by atoms with E-state index >= 15 is 0 Å². The third-order valence-corrected chi connectivity index (χ3v) is 5.46. The number of carbonyl (C=O) groups excluding carboxylic acids is 2. The highest BCUT2D eigenvalue weighted by molar-refractivity contribution is 6.05. The van der Waals surface area contributed by atoms with Gasteiger partial charge in [0.25, 0.3) is 11.8 Å². The summed E-state index contributed by atoms with van der Waals surface area (Å²) in [7, 11) is 0. The first-order valence-electron chi connectivity index (χ1n) is 10.7. The molecule has 0 fully saturated rings. The Balaban J connectivity index is 1.75. The Labute approximate surface area is 189 Å². The molecule has 2 aromatic carbocycles. The Kier molecular flexibility index (Phi) is 7.31. The highest BCUT2D eigenvalue weighted by atomic mass is 16.3. The summed E-state index contributed by atoms with van der Waals surface area (Å²) in [5.74, 6) is -0.217. The van der Waals surface area contributed by atoms with Gasteiger partial charge >= 0.3 is 0 Å². The van der Waals surface area contributed by atoms with Crippen LogP contribution in [0.1, 0.15) is 54.4 Å². The Morgan fingerprint density at radius 3 is 2.34 bits per heavy atom. The average molecular weight is 431 g/mol. The Morgan fingerprint density at radius 1 is 1.00 bits per heavy atom. The van der Waals surface area contributed by atoms with Crippen molar-refractivity contribution < 1.29 is 14.0 Å². The van der Waals surface area contributed by atoms with E-state index in [4.69, 9.17) is 4.42 Å². The van der Waals surface area contributed by atoms with Gasteiger partial charge in [0.2, 0.25) is 0 Å². The minimum Gasteiger partial charge on any atom is -0.465 e. The van der Waals surface area contributed by atoms with Crippen LogP contribution in [-0.2, 0) is 10.2 Å². The molecule has 0 aliphatic carbocycles. The number of rotatable bonds is 8. The molecule has 2 N–H and O–H groups in total. The van der Waals surface area contributed by atoms with Gasteiger partial charge < -0.3 is 15.1 Å². The average Bonchev–Trinajstić information content (AvgIpc) is 3.27. The van der Waals surface area contributed by atoms with Gasteiger partial charge in [0.1, 0.15) is 11.5 Å². The maximum absolute atomic E-state index is 13.1. The molecular formula is C27H30N2O3. The van der Waals surface area contributed by atoms with Crippen molar-refractivity contribution >= 4 is 17.9 Å². The van der Waals surface area contributed by atoms with Crippen LogP contribution < -0.4 is 10.6 Å². The molecule has 0 aliphatic heterocycles. The molecule has 0 radical (unpaired) electrons. The van der Waals surface area contributed by atoms with Crippen LogP contribution in [0.4, 0.5) is 0 Å². The van der Waals surface area contributed by atoms with Crippen LogP contribution in [0.3, 0.4) is 0 Å². The predicted molar refractivity (Wildman–Crippen MR) is 127 cm³/mol. The van der Waals surface area contributed by atoms with Gasteiger partial charge in [-0.05, 0) is 55.0 Å². The minimum absolute atomic E-state index is 0.118. The van der Waals surface area contributed by atoms with Crippen LogP contribution in [0, 0.1) is 6.92 Å². The fraction of sp³-hybridized carbons (Fsp3) is 0.259.